The second kappa shape index (κ2) is 5.52. The minimum Gasteiger partial charge on any atom is -0.494 e. The molecule has 2 rings (SSSR count). The van der Waals surface area contributed by atoms with Crippen LogP contribution in [-0.4, -0.2) is 21.0 Å². The van der Waals surface area contributed by atoms with Gasteiger partial charge in [-0.25, -0.2) is 4.98 Å². The van der Waals surface area contributed by atoms with E-state index in [0.29, 0.717) is 11.3 Å². The molecule has 0 aliphatic heterocycles. The zero-order valence-corrected chi connectivity index (χ0v) is 11.7. The second-order valence-corrected chi connectivity index (χ2v) is 4.75. The number of carbonyl (C=O) groups excluding carboxylic acids is 1. The number of aromatic nitrogens is 2. The third kappa shape index (κ3) is 3.09. The molecule has 6 nitrogen and oxygen atoms in total. The van der Waals surface area contributed by atoms with E-state index in [1.165, 1.54) is 0 Å². The molecule has 0 saturated carbocycles. The van der Waals surface area contributed by atoms with Crippen LogP contribution in [0.3, 0.4) is 0 Å². The molecule has 0 spiro atoms. The van der Waals surface area contributed by atoms with E-state index >= 15 is 0 Å². The largest absolute Gasteiger partial charge is 0.494 e. The summed E-state index contributed by atoms with van der Waals surface area (Å²) in [7, 11) is 0. The number of aromatic hydroxyl groups is 1. The van der Waals surface area contributed by atoms with Gasteiger partial charge in [-0.2, -0.15) is 0 Å². The standard InChI is InChI=1S/C12H9Cl2N3O3/c1-5-2-7(13)15-11(14)10(5)17-12(20)6-3-8(18)16-9(19)4-6/h2-4H,1H3,(H,17,20)(H2,16,18,19). The highest BCUT2D eigenvalue weighted by Gasteiger charge is 2.14. The first-order chi connectivity index (χ1) is 9.36. The van der Waals surface area contributed by atoms with Crippen molar-refractivity contribution in [1.82, 2.24) is 9.97 Å². The molecule has 0 saturated heterocycles. The lowest BCUT2D eigenvalue weighted by molar-refractivity contribution is 0.102. The van der Waals surface area contributed by atoms with Crippen molar-refractivity contribution in [3.63, 3.8) is 0 Å². The van der Waals surface area contributed by atoms with Gasteiger partial charge in [0, 0.05) is 12.1 Å². The highest BCUT2D eigenvalue weighted by Crippen LogP contribution is 2.26. The van der Waals surface area contributed by atoms with Crippen molar-refractivity contribution in [2.75, 3.05) is 5.32 Å². The molecule has 2 aromatic heterocycles. The summed E-state index contributed by atoms with van der Waals surface area (Å²) >= 11 is 11.6. The lowest BCUT2D eigenvalue weighted by Crippen LogP contribution is -2.17. The Morgan fingerprint density at radius 3 is 2.65 bits per heavy atom. The van der Waals surface area contributed by atoms with Crippen molar-refractivity contribution >= 4 is 34.8 Å². The van der Waals surface area contributed by atoms with Gasteiger partial charge in [-0.1, -0.05) is 23.2 Å². The molecule has 0 aliphatic rings. The van der Waals surface area contributed by atoms with Gasteiger partial charge in [0.05, 0.1) is 11.3 Å². The summed E-state index contributed by atoms with van der Waals surface area (Å²) in [6.07, 6.45) is 0. The van der Waals surface area contributed by atoms with Gasteiger partial charge in [0.15, 0.2) is 11.0 Å². The van der Waals surface area contributed by atoms with E-state index in [1.807, 2.05) is 0 Å². The number of aromatic amines is 1. The molecule has 0 unspecified atom stereocenters. The maximum absolute atomic E-state index is 12.0. The van der Waals surface area contributed by atoms with Gasteiger partial charge < -0.3 is 10.4 Å². The Labute approximate surface area is 123 Å². The topological polar surface area (TPSA) is 95.1 Å². The molecular formula is C12H9Cl2N3O3. The van der Waals surface area contributed by atoms with E-state index in [0.717, 1.165) is 12.1 Å². The van der Waals surface area contributed by atoms with Crippen molar-refractivity contribution in [2.45, 2.75) is 6.92 Å². The number of nitrogens with one attached hydrogen (secondary N) is 2. The van der Waals surface area contributed by atoms with Gasteiger partial charge in [0.1, 0.15) is 5.15 Å². The van der Waals surface area contributed by atoms with Crippen LogP contribution in [-0.2, 0) is 0 Å². The summed E-state index contributed by atoms with van der Waals surface area (Å²) in [5, 5.41) is 12.0. The number of halogens is 2. The minimum atomic E-state index is -0.597. The van der Waals surface area contributed by atoms with Gasteiger partial charge in [-0.3, -0.25) is 14.6 Å². The van der Waals surface area contributed by atoms with E-state index in [-0.39, 0.29) is 15.9 Å². The monoisotopic (exact) mass is 313 g/mol. The Bertz CT molecular complexity index is 720. The number of anilines is 1. The zero-order chi connectivity index (χ0) is 14.9. The lowest BCUT2D eigenvalue weighted by Gasteiger charge is -2.10. The summed E-state index contributed by atoms with van der Waals surface area (Å²) in [5.41, 5.74) is 0.321. The van der Waals surface area contributed by atoms with Crippen molar-refractivity contribution in [2.24, 2.45) is 0 Å². The maximum atomic E-state index is 12.0. The fourth-order valence-electron chi connectivity index (χ4n) is 1.59. The smallest absolute Gasteiger partial charge is 0.256 e. The van der Waals surface area contributed by atoms with E-state index in [1.54, 1.807) is 13.0 Å². The molecule has 1 amide bonds. The van der Waals surface area contributed by atoms with Gasteiger partial charge in [0.25, 0.3) is 11.5 Å². The molecule has 20 heavy (non-hydrogen) atoms. The van der Waals surface area contributed by atoms with E-state index in [4.69, 9.17) is 23.2 Å². The highest BCUT2D eigenvalue weighted by atomic mass is 35.5. The number of pyridine rings is 2. The van der Waals surface area contributed by atoms with Crippen LogP contribution in [0.2, 0.25) is 10.3 Å². The third-order valence-electron chi connectivity index (χ3n) is 2.47. The molecular weight excluding hydrogens is 305 g/mol. The molecule has 0 radical (unpaired) electrons. The fourth-order valence-corrected chi connectivity index (χ4v) is 2.17. The molecule has 2 aromatic rings. The number of rotatable bonds is 2. The SMILES string of the molecule is Cc1cc(Cl)nc(Cl)c1NC(=O)c1cc(O)[nH]c(=O)c1. The first kappa shape index (κ1) is 14.4. The van der Waals surface area contributed by atoms with Crippen LogP contribution in [0.5, 0.6) is 5.88 Å². The van der Waals surface area contributed by atoms with E-state index in [9.17, 15) is 14.7 Å². The van der Waals surface area contributed by atoms with Crippen LogP contribution in [0, 0.1) is 6.92 Å². The van der Waals surface area contributed by atoms with Crippen molar-refractivity contribution in [1.29, 1.82) is 0 Å². The highest BCUT2D eigenvalue weighted by molar-refractivity contribution is 6.35. The van der Waals surface area contributed by atoms with Crippen LogP contribution >= 0.6 is 23.2 Å². The fraction of sp³-hybridized carbons (Fsp3) is 0.0833. The number of nitrogens with zero attached hydrogens (tertiary/aromatic N) is 1. The Balaban J connectivity index is 2.35. The Morgan fingerprint density at radius 1 is 1.35 bits per heavy atom. The average molecular weight is 314 g/mol. The number of H-pyrrole nitrogens is 1. The molecule has 0 aliphatic carbocycles. The molecule has 3 N–H and O–H groups in total. The molecule has 0 atom stereocenters. The molecule has 8 heteroatoms. The first-order valence-corrected chi connectivity index (χ1v) is 6.20. The lowest BCUT2D eigenvalue weighted by atomic mass is 10.2. The summed E-state index contributed by atoms with van der Waals surface area (Å²) in [4.78, 5) is 29.1. The van der Waals surface area contributed by atoms with Crippen LogP contribution < -0.4 is 10.9 Å². The van der Waals surface area contributed by atoms with Crippen molar-refractivity contribution < 1.29 is 9.90 Å². The number of carbonyl (C=O) groups is 1. The summed E-state index contributed by atoms with van der Waals surface area (Å²) in [6.45, 7) is 1.70. The molecule has 0 aromatic carbocycles. The maximum Gasteiger partial charge on any atom is 0.256 e. The minimum absolute atomic E-state index is 0.00309. The average Bonchev–Trinajstić information content (AvgIpc) is 2.32. The van der Waals surface area contributed by atoms with E-state index < -0.39 is 17.3 Å². The van der Waals surface area contributed by atoms with Crippen LogP contribution in [0.25, 0.3) is 0 Å². The second-order valence-electron chi connectivity index (χ2n) is 4.00. The van der Waals surface area contributed by atoms with Gasteiger partial charge in [0.2, 0.25) is 0 Å². The van der Waals surface area contributed by atoms with Gasteiger partial charge >= 0.3 is 0 Å². The number of hydrogen-bond donors (Lipinski definition) is 3. The number of hydrogen-bond acceptors (Lipinski definition) is 4. The van der Waals surface area contributed by atoms with Crippen LogP contribution in [0.1, 0.15) is 15.9 Å². The number of amides is 1. The third-order valence-corrected chi connectivity index (χ3v) is 2.94. The Morgan fingerprint density at radius 2 is 2.05 bits per heavy atom. The molecule has 2 heterocycles. The van der Waals surface area contributed by atoms with Crippen LogP contribution in [0.15, 0.2) is 23.0 Å². The summed E-state index contributed by atoms with van der Waals surface area (Å²) in [5.74, 6) is -1.000. The summed E-state index contributed by atoms with van der Waals surface area (Å²) in [6, 6.07) is 3.73. The van der Waals surface area contributed by atoms with Crippen molar-refractivity contribution in [3.8, 4) is 5.88 Å². The quantitative estimate of drug-likeness (QED) is 0.742. The first-order valence-electron chi connectivity index (χ1n) is 5.44. The normalized spacial score (nSPS) is 10.3. The van der Waals surface area contributed by atoms with Gasteiger partial charge in [-0.05, 0) is 18.6 Å². The predicted molar refractivity (Wildman–Crippen MR) is 75.7 cm³/mol. The van der Waals surface area contributed by atoms with Crippen LogP contribution in [0.4, 0.5) is 5.69 Å². The van der Waals surface area contributed by atoms with Gasteiger partial charge in [-0.15, -0.1) is 0 Å². The number of aryl methyl sites for hydroxylation is 1. The molecule has 104 valence electrons. The Hall–Kier alpha value is -2.05. The summed E-state index contributed by atoms with van der Waals surface area (Å²) < 4.78 is 0. The van der Waals surface area contributed by atoms with E-state index in [2.05, 4.69) is 15.3 Å². The molecule has 0 bridgehead atoms. The van der Waals surface area contributed by atoms with Crippen molar-refractivity contribution in [3.05, 3.63) is 50.0 Å². The predicted octanol–water partition coefficient (Wildman–Crippen LogP) is 2.34. The molecule has 0 fully saturated rings. The zero-order valence-electron chi connectivity index (χ0n) is 10.2. The Kier molecular flexibility index (Phi) is 3.96.